The van der Waals surface area contributed by atoms with E-state index in [4.69, 9.17) is 11.5 Å². The molecule has 0 aliphatic heterocycles. The molecular weight excluding hydrogens is 170 g/mol. The summed E-state index contributed by atoms with van der Waals surface area (Å²) in [6.07, 6.45) is 0.326. The maximum absolute atomic E-state index is 10.7. The van der Waals surface area contributed by atoms with Crippen LogP contribution in [0.1, 0.15) is 11.6 Å². The van der Waals surface area contributed by atoms with Gasteiger partial charge in [-0.25, -0.2) is 0 Å². The molecule has 1 aromatic rings. The monoisotopic (exact) mass is 183 g/mol. The van der Waals surface area contributed by atoms with Crippen molar-refractivity contribution in [2.45, 2.75) is 19.4 Å². The van der Waals surface area contributed by atoms with Gasteiger partial charge in [0.05, 0.1) is 6.04 Å². The second-order valence-electron chi connectivity index (χ2n) is 2.94. The third kappa shape index (κ3) is 2.03. The minimum Gasteiger partial charge on any atom is -0.368 e. The van der Waals surface area contributed by atoms with Crippen LogP contribution < -0.4 is 11.5 Å². The molecule has 4 N–H and O–H groups in total. The minimum atomic E-state index is -0.692. The molecule has 1 unspecified atom stereocenters. The molecule has 6 nitrogen and oxygen atoms in total. The molecule has 1 rings (SSSR count). The number of hydrogen-bond donors (Lipinski definition) is 2. The lowest BCUT2D eigenvalue weighted by atomic mass is 10.2. The molecule has 0 aromatic carbocycles. The van der Waals surface area contributed by atoms with E-state index in [0.717, 1.165) is 5.82 Å². The van der Waals surface area contributed by atoms with E-state index in [2.05, 4.69) is 10.2 Å². The summed E-state index contributed by atoms with van der Waals surface area (Å²) in [6, 6.07) is -0.692. The van der Waals surface area contributed by atoms with Crippen LogP contribution in [-0.4, -0.2) is 26.7 Å². The Balaban J connectivity index is 2.74. The summed E-state index contributed by atoms with van der Waals surface area (Å²) in [7, 11) is 1.82. The van der Waals surface area contributed by atoms with Gasteiger partial charge in [-0.1, -0.05) is 0 Å². The minimum absolute atomic E-state index is 0.326. The van der Waals surface area contributed by atoms with Crippen LogP contribution in [0.3, 0.4) is 0 Å². The quantitative estimate of drug-likeness (QED) is 0.594. The largest absolute Gasteiger partial charge is 0.368 e. The van der Waals surface area contributed by atoms with Crippen LogP contribution in [0, 0.1) is 6.92 Å². The first-order chi connectivity index (χ1) is 6.02. The van der Waals surface area contributed by atoms with Crippen molar-refractivity contribution in [2.75, 3.05) is 0 Å². The van der Waals surface area contributed by atoms with Crippen molar-refractivity contribution in [1.82, 2.24) is 14.8 Å². The van der Waals surface area contributed by atoms with Gasteiger partial charge in [-0.3, -0.25) is 4.79 Å². The van der Waals surface area contributed by atoms with Gasteiger partial charge in [0.25, 0.3) is 0 Å². The lowest BCUT2D eigenvalue weighted by Gasteiger charge is -2.06. The molecule has 0 bridgehead atoms. The lowest BCUT2D eigenvalue weighted by Crippen LogP contribution is -2.38. The number of rotatable bonds is 3. The number of aromatic nitrogens is 3. The van der Waals surface area contributed by atoms with Crippen molar-refractivity contribution in [1.29, 1.82) is 0 Å². The van der Waals surface area contributed by atoms with Gasteiger partial charge in [0.2, 0.25) is 5.91 Å². The second kappa shape index (κ2) is 3.53. The number of carbonyl (C=O) groups is 1. The zero-order valence-electron chi connectivity index (χ0n) is 7.69. The van der Waals surface area contributed by atoms with E-state index in [9.17, 15) is 4.79 Å². The van der Waals surface area contributed by atoms with Crippen LogP contribution in [0.4, 0.5) is 0 Å². The summed E-state index contributed by atoms with van der Waals surface area (Å²) in [5, 5.41) is 7.70. The number of hydrogen-bond acceptors (Lipinski definition) is 4. The van der Waals surface area contributed by atoms with Crippen LogP contribution in [0.15, 0.2) is 0 Å². The van der Waals surface area contributed by atoms with Crippen LogP contribution in [0.2, 0.25) is 0 Å². The van der Waals surface area contributed by atoms with E-state index in [1.807, 2.05) is 14.0 Å². The van der Waals surface area contributed by atoms with E-state index in [1.54, 1.807) is 4.57 Å². The Hall–Kier alpha value is -1.43. The summed E-state index contributed by atoms with van der Waals surface area (Å²) in [6.45, 7) is 1.83. The fourth-order valence-corrected chi connectivity index (χ4v) is 0.926. The number of aryl methyl sites for hydroxylation is 1. The van der Waals surface area contributed by atoms with Crippen molar-refractivity contribution in [3.63, 3.8) is 0 Å². The van der Waals surface area contributed by atoms with Gasteiger partial charge in [-0.2, -0.15) is 0 Å². The summed E-state index contributed by atoms with van der Waals surface area (Å²) < 4.78 is 1.78. The molecular formula is C7H13N5O. The lowest BCUT2D eigenvalue weighted by molar-refractivity contribution is -0.119. The van der Waals surface area contributed by atoms with Crippen LogP contribution in [0.25, 0.3) is 0 Å². The summed E-state index contributed by atoms with van der Waals surface area (Å²) >= 11 is 0. The zero-order valence-corrected chi connectivity index (χ0v) is 7.69. The molecule has 0 saturated carbocycles. The maximum atomic E-state index is 10.7. The Morgan fingerprint density at radius 1 is 1.62 bits per heavy atom. The molecule has 6 heteroatoms. The molecule has 0 radical (unpaired) electrons. The standard InChI is InChI=1S/C7H13N5O/c1-4-10-11-6(12(4)2)3-5(8)7(9)13/h5H,3,8H2,1-2H3,(H2,9,13). The van der Waals surface area contributed by atoms with E-state index in [1.165, 1.54) is 0 Å². The van der Waals surface area contributed by atoms with Gasteiger partial charge >= 0.3 is 0 Å². The first kappa shape index (κ1) is 9.66. The molecule has 72 valence electrons. The van der Waals surface area contributed by atoms with Crippen LogP contribution >= 0.6 is 0 Å². The molecule has 0 aliphatic rings. The van der Waals surface area contributed by atoms with Gasteiger partial charge in [0.15, 0.2) is 0 Å². The highest BCUT2D eigenvalue weighted by Crippen LogP contribution is 1.99. The van der Waals surface area contributed by atoms with Crippen LogP contribution in [-0.2, 0) is 18.3 Å². The van der Waals surface area contributed by atoms with Gasteiger partial charge in [0.1, 0.15) is 11.6 Å². The third-order valence-electron chi connectivity index (χ3n) is 1.95. The van der Waals surface area contributed by atoms with Gasteiger partial charge in [0, 0.05) is 13.5 Å². The van der Waals surface area contributed by atoms with Crippen molar-refractivity contribution in [3.05, 3.63) is 11.6 Å². The molecule has 1 atom stereocenters. The molecule has 1 heterocycles. The van der Waals surface area contributed by atoms with Gasteiger partial charge in [-0.05, 0) is 6.92 Å². The number of amides is 1. The number of nitrogens with zero attached hydrogens (tertiary/aromatic N) is 3. The first-order valence-corrected chi connectivity index (χ1v) is 3.92. The smallest absolute Gasteiger partial charge is 0.234 e. The summed E-state index contributed by atoms with van der Waals surface area (Å²) in [5.74, 6) is 0.927. The highest BCUT2D eigenvalue weighted by atomic mass is 16.1. The Morgan fingerprint density at radius 2 is 2.23 bits per heavy atom. The molecule has 0 fully saturated rings. The van der Waals surface area contributed by atoms with Crippen molar-refractivity contribution >= 4 is 5.91 Å². The molecule has 1 amide bonds. The zero-order chi connectivity index (χ0) is 10.0. The number of carbonyl (C=O) groups excluding carboxylic acids is 1. The molecule has 0 aliphatic carbocycles. The normalized spacial score (nSPS) is 12.8. The Kier molecular flexibility index (Phi) is 2.62. The third-order valence-corrected chi connectivity index (χ3v) is 1.95. The van der Waals surface area contributed by atoms with E-state index in [0.29, 0.717) is 12.2 Å². The Morgan fingerprint density at radius 3 is 2.62 bits per heavy atom. The topological polar surface area (TPSA) is 99.8 Å². The predicted octanol–water partition coefficient (Wildman–Crippen LogP) is -1.52. The van der Waals surface area contributed by atoms with Crippen molar-refractivity contribution < 1.29 is 4.79 Å². The SMILES string of the molecule is Cc1nnc(CC(N)C(N)=O)n1C. The van der Waals surface area contributed by atoms with E-state index in [-0.39, 0.29) is 0 Å². The first-order valence-electron chi connectivity index (χ1n) is 3.92. The van der Waals surface area contributed by atoms with E-state index >= 15 is 0 Å². The second-order valence-corrected chi connectivity index (χ2v) is 2.94. The molecule has 0 saturated heterocycles. The average Bonchev–Trinajstić information content (AvgIpc) is 2.36. The van der Waals surface area contributed by atoms with E-state index < -0.39 is 11.9 Å². The number of nitrogens with two attached hydrogens (primary N) is 2. The highest BCUT2D eigenvalue weighted by molar-refractivity contribution is 5.79. The Labute approximate surface area is 75.9 Å². The number of primary amides is 1. The predicted molar refractivity (Wildman–Crippen MR) is 46.6 cm³/mol. The fourth-order valence-electron chi connectivity index (χ4n) is 0.926. The van der Waals surface area contributed by atoms with Gasteiger partial charge < -0.3 is 16.0 Å². The van der Waals surface area contributed by atoms with Crippen molar-refractivity contribution in [2.24, 2.45) is 18.5 Å². The maximum Gasteiger partial charge on any atom is 0.234 e. The average molecular weight is 183 g/mol. The molecule has 0 spiro atoms. The fraction of sp³-hybridized carbons (Fsp3) is 0.571. The molecule has 1 aromatic heterocycles. The highest BCUT2D eigenvalue weighted by Gasteiger charge is 2.14. The summed E-state index contributed by atoms with van der Waals surface area (Å²) in [5.41, 5.74) is 10.5. The van der Waals surface area contributed by atoms with Crippen LogP contribution in [0.5, 0.6) is 0 Å². The summed E-state index contributed by atoms with van der Waals surface area (Å²) in [4.78, 5) is 10.7. The van der Waals surface area contributed by atoms with Gasteiger partial charge in [-0.15, -0.1) is 10.2 Å². The molecule has 13 heavy (non-hydrogen) atoms. The Bertz CT molecular complexity index is 319. The van der Waals surface area contributed by atoms with Crippen molar-refractivity contribution in [3.8, 4) is 0 Å².